The van der Waals surface area contributed by atoms with Gasteiger partial charge >= 0.3 is 5.97 Å². The summed E-state index contributed by atoms with van der Waals surface area (Å²) in [6.45, 7) is 0. The van der Waals surface area contributed by atoms with Crippen LogP contribution >= 0.6 is 11.6 Å². The minimum atomic E-state index is -1.05. The van der Waals surface area contributed by atoms with Gasteiger partial charge in [0.1, 0.15) is 5.82 Å². The van der Waals surface area contributed by atoms with Gasteiger partial charge < -0.3 is 10.0 Å². The Morgan fingerprint density at radius 2 is 1.95 bits per heavy atom. The molecule has 0 aromatic heterocycles. The van der Waals surface area contributed by atoms with Gasteiger partial charge in [0.15, 0.2) is 0 Å². The first kappa shape index (κ1) is 15.1. The highest BCUT2D eigenvalue weighted by molar-refractivity contribution is 6.31. The fourth-order valence-electron chi connectivity index (χ4n) is 1.96. The van der Waals surface area contributed by atoms with Gasteiger partial charge in [-0.1, -0.05) is 29.8 Å². The highest BCUT2D eigenvalue weighted by Gasteiger charge is 2.12. The molecule has 0 radical (unpaired) electrons. The summed E-state index contributed by atoms with van der Waals surface area (Å²) in [5, 5.41) is 9.22. The van der Waals surface area contributed by atoms with Crippen LogP contribution < -0.4 is 4.90 Å². The summed E-state index contributed by atoms with van der Waals surface area (Å²) >= 11 is 5.99. The van der Waals surface area contributed by atoms with E-state index in [-0.39, 0.29) is 5.82 Å². The smallest absolute Gasteiger partial charge is 0.328 e. The first-order chi connectivity index (χ1) is 9.99. The number of benzene rings is 2. The standard InChI is InChI=1S/C16H13ClFNO2/c1-19(14-5-3-2-4-13(14)18)15-10-12(17)8-6-11(15)7-9-16(20)21/h2-10H,1H3,(H,20,21)/b9-7+. The summed E-state index contributed by atoms with van der Waals surface area (Å²) in [6, 6.07) is 11.3. The number of anilines is 2. The zero-order chi connectivity index (χ0) is 15.4. The summed E-state index contributed by atoms with van der Waals surface area (Å²) in [5.41, 5.74) is 1.63. The van der Waals surface area contributed by atoms with Crippen molar-refractivity contribution in [3.8, 4) is 0 Å². The molecule has 0 amide bonds. The Morgan fingerprint density at radius 3 is 2.62 bits per heavy atom. The number of nitrogens with zero attached hydrogens (tertiary/aromatic N) is 1. The zero-order valence-corrected chi connectivity index (χ0v) is 12.0. The van der Waals surface area contributed by atoms with Crippen LogP contribution in [0.1, 0.15) is 5.56 Å². The SMILES string of the molecule is CN(c1ccccc1F)c1cc(Cl)ccc1/C=C/C(=O)O. The van der Waals surface area contributed by atoms with Crippen molar-refractivity contribution >= 4 is 35.0 Å². The van der Waals surface area contributed by atoms with E-state index in [1.165, 1.54) is 12.1 Å². The van der Waals surface area contributed by atoms with Crippen molar-refractivity contribution < 1.29 is 14.3 Å². The Morgan fingerprint density at radius 1 is 1.24 bits per heavy atom. The van der Waals surface area contributed by atoms with E-state index in [9.17, 15) is 9.18 Å². The number of rotatable bonds is 4. The largest absolute Gasteiger partial charge is 0.478 e. The molecule has 0 atom stereocenters. The molecule has 0 aliphatic heterocycles. The molecule has 0 aliphatic carbocycles. The topological polar surface area (TPSA) is 40.5 Å². The molecule has 0 fully saturated rings. The maximum atomic E-state index is 13.9. The van der Waals surface area contributed by atoms with E-state index in [1.54, 1.807) is 48.3 Å². The summed E-state index contributed by atoms with van der Waals surface area (Å²) in [4.78, 5) is 12.3. The molecule has 5 heteroatoms. The lowest BCUT2D eigenvalue weighted by Crippen LogP contribution is -2.12. The van der Waals surface area contributed by atoms with Gasteiger partial charge in [0.25, 0.3) is 0 Å². The van der Waals surface area contributed by atoms with Gasteiger partial charge in [-0.05, 0) is 35.9 Å². The maximum absolute atomic E-state index is 13.9. The van der Waals surface area contributed by atoms with Crippen LogP contribution in [0.2, 0.25) is 5.02 Å². The average molecular weight is 306 g/mol. The number of carbonyl (C=O) groups is 1. The number of hydrogen-bond donors (Lipinski definition) is 1. The molecule has 2 aromatic rings. The third kappa shape index (κ3) is 3.61. The van der Waals surface area contributed by atoms with E-state index in [0.29, 0.717) is 22.0 Å². The van der Waals surface area contributed by atoms with Crippen LogP contribution in [-0.4, -0.2) is 18.1 Å². The van der Waals surface area contributed by atoms with Crippen molar-refractivity contribution in [2.45, 2.75) is 0 Å². The second-order valence-corrected chi connectivity index (χ2v) is 4.82. The normalized spacial score (nSPS) is 10.8. The Balaban J connectivity index is 2.49. The van der Waals surface area contributed by atoms with Crippen LogP contribution in [0.3, 0.4) is 0 Å². The van der Waals surface area contributed by atoms with Crippen LogP contribution in [0, 0.1) is 5.82 Å². The second-order valence-electron chi connectivity index (χ2n) is 4.39. The quantitative estimate of drug-likeness (QED) is 0.854. The molecule has 2 aromatic carbocycles. The molecule has 21 heavy (non-hydrogen) atoms. The predicted octanol–water partition coefficient (Wildman–Crippen LogP) is 4.34. The lowest BCUT2D eigenvalue weighted by atomic mass is 10.1. The van der Waals surface area contributed by atoms with Crippen LogP contribution in [0.5, 0.6) is 0 Å². The number of halogens is 2. The van der Waals surface area contributed by atoms with E-state index in [1.807, 2.05) is 0 Å². The molecule has 0 unspecified atom stereocenters. The molecular formula is C16H13ClFNO2. The highest BCUT2D eigenvalue weighted by Crippen LogP contribution is 2.31. The molecule has 0 aliphatic rings. The van der Waals surface area contributed by atoms with Crippen molar-refractivity contribution in [3.63, 3.8) is 0 Å². The number of aliphatic carboxylic acids is 1. The van der Waals surface area contributed by atoms with Crippen LogP contribution in [-0.2, 0) is 4.79 Å². The molecule has 2 rings (SSSR count). The van der Waals surface area contributed by atoms with Crippen LogP contribution in [0.4, 0.5) is 15.8 Å². The molecule has 108 valence electrons. The van der Waals surface area contributed by atoms with Gasteiger partial charge in [-0.15, -0.1) is 0 Å². The highest BCUT2D eigenvalue weighted by atomic mass is 35.5. The molecule has 1 N–H and O–H groups in total. The monoisotopic (exact) mass is 305 g/mol. The molecule has 0 saturated carbocycles. The predicted molar refractivity (Wildman–Crippen MR) is 82.6 cm³/mol. The van der Waals surface area contributed by atoms with Gasteiger partial charge in [-0.25, -0.2) is 9.18 Å². The summed E-state index contributed by atoms with van der Waals surface area (Å²) in [7, 11) is 1.70. The number of hydrogen-bond acceptors (Lipinski definition) is 2. The van der Waals surface area contributed by atoms with Crippen molar-refractivity contribution in [3.05, 3.63) is 64.9 Å². The van der Waals surface area contributed by atoms with Crippen molar-refractivity contribution in [2.24, 2.45) is 0 Å². The fourth-order valence-corrected chi connectivity index (χ4v) is 2.13. The second kappa shape index (κ2) is 6.41. The summed E-state index contributed by atoms with van der Waals surface area (Å²) in [5.74, 6) is -1.42. The fraction of sp³-hybridized carbons (Fsp3) is 0.0625. The Bertz CT molecular complexity index is 700. The van der Waals surface area contributed by atoms with E-state index >= 15 is 0 Å². The molecular weight excluding hydrogens is 293 g/mol. The number of carboxylic acids is 1. The minimum Gasteiger partial charge on any atom is -0.478 e. The zero-order valence-electron chi connectivity index (χ0n) is 11.3. The van der Waals surface area contributed by atoms with Crippen LogP contribution in [0.15, 0.2) is 48.5 Å². The lowest BCUT2D eigenvalue weighted by Gasteiger charge is -2.22. The Hall–Kier alpha value is -2.33. The average Bonchev–Trinajstić information content (AvgIpc) is 2.45. The summed E-state index contributed by atoms with van der Waals surface area (Å²) < 4.78 is 13.9. The number of carboxylic acid groups (broad SMARTS) is 1. The Labute approximate surface area is 126 Å². The molecule has 3 nitrogen and oxygen atoms in total. The first-order valence-electron chi connectivity index (χ1n) is 6.18. The van der Waals surface area contributed by atoms with Gasteiger partial charge in [0.2, 0.25) is 0 Å². The first-order valence-corrected chi connectivity index (χ1v) is 6.55. The molecule has 0 spiro atoms. The number of para-hydroxylation sites is 1. The van der Waals surface area contributed by atoms with Crippen molar-refractivity contribution in [1.29, 1.82) is 0 Å². The van der Waals surface area contributed by atoms with E-state index in [4.69, 9.17) is 16.7 Å². The van der Waals surface area contributed by atoms with Crippen LogP contribution in [0.25, 0.3) is 6.08 Å². The third-order valence-corrected chi connectivity index (χ3v) is 3.21. The lowest BCUT2D eigenvalue weighted by molar-refractivity contribution is -0.131. The molecule has 0 bridgehead atoms. The minimum absolute atomic E-state index is 0.367. The van der Waals surface area contributed by atoms with Gasteiger partial charge in [0, 0.05) is 23.8 Å². The van der Waals surface area contributed by atoms with Crippen molar-refractivity contribution in [1.82, 2.24) is 0 Å². The molecule has 0 saturated heterocycles. The van der Waals surface area contributed by atoms with E-state index in [0.717, 1.165) is 6.08 Å². The third-order valence-electron chi connectivity index (χ3n) is 2.97. The van der Waals surface area contributed by atoms with Gasteiger partial charge in [-0.3, -0.25) is 0 Å². The van der Waals surface area contributed by atoms with Crippen molar-refractivity contribution in [2.75, 3.05) is 11.9 Å². The summed E-state index contributed by atoms with van der Waals surface area (Å²) in [6.07, 6.45) is 2.48. The van der Waals surface area contributed by atoms with E-state index < -0.39 is 5.97 Å². The van der Waals surface area contributed by atoms with E-state index in [2.05, 4.69) is 0 Å². The maximum Gasteiger partial charge on any atom is 0.328 e. The van der Waals surface area contributed by atoms with Gasteiger partial charge in [-0.2, -0.15) is 0 Å². The van der Waals surface area contributed by atoms with Gasteiger partial charge in [0.05, 0.1) is 5.69 Å². The Kier molecular flexibility index (Phi) is 4.60. The molecule has 0 heterocycles.